The second-order valence-electron chi connectivity index (χ2n) is 5.58. The average Bonchev–Trinajstić information content (AvgIpc) is 2.71. The molecule has 0 saturated carbocycles. The Balaban J connectivity index is 2.11. The lowest BCUT2D eigenvalue weighted by molar-refractivity contribution is -0.116. The largest absolute Gasteiger partial charge is 0.465 e. The van der Waals surface area contributed by atoms with Crippen molar-refractivity contribution in [2.75, 3.05) is 19.5 Å². The van der Waals surface area contributed by atoms with Crippen molar-refractivity contribution in [1.29, 1.82) is 0 Å². The predicted octanol–water partition coefficient (Wildman–Crippen LogP) is 2.86. The summed E-state index contributed by atoms with van der Waals surface area (Å²) in [7, 11) is 2.44. The SMILES string of the molecule is COC(=O)c1ccc(C(=O)OC)c(NC(=O)CCC(=O)c2ccccc2)c1. The molecular formula is C20H19NO6. The topological polar surface area (TPSA) is 98.8 Å². The summed E-state index contributed by atoms with van der Waals surface area (Å²) in [4.78, 5) is 47.9. The molecule has 0 aliphatic carbocycles. The zero-order chi connectivity index (χ0) is 19.8. The Kier molecular flexibility index (Phi) is 6.82. The van der Waals surface area contributed by atoms with Gasteiger partial charge in [-0.05, 0) is 18.2 Å². The number of anilines is 1. The van der Waals surface area contributed by atoms with Crippen LogP contribution >= 0.6 is 0 Å². The van der Waals surface area contributed by atoms with Gasteiger partial charge in [0.05, 0.1) is 31.0 Å². The van der Waals surface area contributed by atoms with Gasteiger partial charge in [-0.25, -0.2) is 9.59 Å². The second kappa shape index (κ2) is 9.28. The van der Waals surface area contributed by atoms with E-state index < -0.39 is 17.8 Å². The summed E-state index contributed by atoms with van der Waals surface area (Å²) in [5, 5.41) is 2.55. The summed E-state index contributed by atoms with van der Waals surface area (Å²) in [6.07, 6.45) is -0.0586. The predicted molar refractivity (Wildman–Crippen MR) is 97.8 cm³/mol. The van der Waals surface area contributed by atoms with Gasteiger partial charge in [-0.15, -0.1) is 0 Å². The first kappa shape index (κ1) is 19.8. The lowest BCUT2D eigenvalue weighted by Crippen LogP contribution is -2.17. The molecule has 0 bridgehead atoms. The molecule has 2 rings (SSSR count). The monoisotopic (exact) mass is 369 g/mol. The Labute approximate surface area is 156 Å². The molecule has 0 unspecified atom stereocenters. The van der Waals surface area contributed by atoms with Crippen molar-refractivity contribution in [1.82, 2.24) is 0 Å². The van der Waals surface area contributed by atoms with Crippen LogP contribution in [0.5, 0.6) is 0 Å². The van der Waals surface area contributed by atoms with Crippen molar-refractivity contribution >= 4 is 29.3 Å². The number of amides is 1. The summed E-state index contributed by atoms with van der Waals surface area (Å²) in [5.74, 6) is -1.91. The van der Waals surface area contributed by atoms with Crippen LogP contribution in [0.3, 0.4) is 0 Å². The number of Topliss-reactive ketones (excluding diaryl/α,β-unsaturated/α-hetero) is 1. The van der Waals surface area contributed by atoms with E-state index in [-0.39, 0.29) is 35.4 Å². The minimum atomic E-state index is -0.665. The van der Waals surface area contributed by atoms with Crippen LogP contribution in [0.2, 0.25) is 0 Å². The quantitative estimate of drug-likeness (QED) is 0.595. The van der Waals surface area contributed by atoms with E-state index in [4.69, 9.17) is 0 Å². The number of carbonyl (C=O) groups excluding carboxylic acids is 4. The highest BCUT2D eigenvalue weighted by Crippen LogP contribution is 2.20. The van der Waals surface area contributed by atoms with Crippen LogP contribution in [0.25, 0.3) is 0 Å². The first-order valence-corrected chi connectivity index (χ1v) is 8.15. The summed E-state index contributed by atoms with van der Waals surface area (Å²) in [5.41, 5.74) is 0.892. The van der Waals surface area contributed by atoms with Gasteiger partial charge in [-0.3, -0.25) is 9.59 Å². The number of ketones is 1. The highest BCUT2D eigenvalue weighted by atomic mass is 16.5. The van der Waals surface area contributed by atoms with Crippen LogP contribution < -0.4 is 5.32 Å². The molecule has 140 valence electrons. The molecule has 2 aromatic rings. The molecule has 27 heavy (non-hydrogen) atoms. The molecule has 0 aromatic heterocycles. The van der Waals surface area contributed by atoms with Crippen LogP contribution in [-0.2, 0) is 14.3 Å². The molecule has 0 aliphatic heterocycles. The maximum absolute atomic E-state index is 12.2. The third kappa shape index (κ3) is 5.24. The van der Waals surface area contributed by atoms with Crippen molar-refractivity contribution in [2.45, 2.75) is 12.8 Å². The van der Waals surface area contributed by atoms with Gasteiger partial charge in [0.2, 0.25) is 5.91 Å². The maximum Gasteiger partial charge on any atom is 0.339 e. The average molecular weight is 369 g/mol. The number of rotatable bonds is 7. The Morgan fingerprint density at radius 2 is 1.48 bits per heavy atom. The molecule has 0 fully saturated rings. The molecule has 1 N–H and O–H groups in total. The van der Waals surface area contributed by atoms with Gasteiger partial charge in [-0.2, -0.15) is 0 Å². The smallest absolute Gasteiger partial charge is 0.339 e. The van der Waals surface area contributed by atoms with Crippen LogP contribution in [0.15, 0.2) is 48.5 Å². The zero-order valence-corrected chi connectivity index (χ0v) is 15.0. The van der Waals surface area contributed by atoms with Crippen molar-refractivity contribution in [2.24, 2.45) is 0 Å². The van der Waals surface area contributed by atoms with Gasteiger partial charge in [0, 0.05) is 18.4 Å². The third-order valence-corrected chi connectivity index (χ3v) is 3.79. The van der Waals surface area contributed by atoms with Gasteiger partial charge < -0.3 is 14.8 Å². The van der Waals surface area contributed by atoms with Crippen molar-refractivity contribution < 1.29 is 28.7 Å². The Hall–Kier alpha value is -3.48. The van der Waals surface area contributed by atoms with Gasteiger partial charge in [0.1, 0.15) is 0 Å². The van der Waals surface area contributed by atoms with E-state index in [2.05, 4.69) is 14.8 Å². The van der Waals surface area contributed by atoms with Crippen LogP contribution in [0.1, 0.15) is 43.9 Å². The summed E-state index contributed by atoms with van der Waals surface area (Å²) in [6.45, 7) is 0. The van der Waals surface area contributed by atoms with E-state index in [0.29, 0.717) is 5.56 Å². The molecule has 0 heterocycles. The van der Waals surface area contributed by atoms with E-state index in [1.165, 1.54) is 32.4 Å². The van der Waals surface area contributed by atoms with Gasteiger partial charge >= 0.3 is 11.9 Å². The molecular weight excluding hydrogens is 350 g/mol. The van der Waals surface area contributed by atoms with Gasteiger partial charge in [-0.1, -0.05) is 30.3 Å². The summed E-state index contributed by atoms with van der Waals surface area (Å²) in [6, 6.07) is 12.7. The fraction of sp³-hybridized carbons (Fsp3) is 0.200. The number of methoxy groups -OCH3 is 2. The standard InChI is InChI=1S/C20H19NO6/c1-26-19(24)14-8-9-15(20(25)27-2)16(12-14)21-18(23)11-10-17(22)13-6-4-3-5-7-13/h3-9,12H,10-11H2,1-2H3,(H,21,23). The number of carbonyl (C=O) groups is 4. The number of esters is 2. The maximum atomic E-state index is 12.2. The lowest BCUT2D eigenvalue weighted by atomic mass is 10.1. The van der Waals surface area contributed by atoms with Crippen molar-refractivity contribution in [3.05, 3.63) is 65.2 Å². The minimum Gasteiger partial charge on any atom is -0.465 e. The lowest BCUT2D eigenvalue weighted by Gasteiger charge is -2.11. The molecule has 0 spiro atoms. The fourth-order valence-corrected chi connectivity index (χ4v) is 2.39. The number of benzene rings is 2. The molecule has 0 atom stereocenters. The number of ether oxygens (including phenoxy) is 2. The van der Waals surface area contributed by atoms with Crippen LogP contribution in [0.4, 0.5) is 5.69 Å². The first-order valence-electron chi connectivity index (χ1n) is 8.15. The van der Waals surface area contributed by atoms with Gasteiger partial charge in [0.15, 0.2) is 5.78 Å². The molecule has 0 saturated heterocycles. The van der Waals surface area contributed by atoms with Gasteiger partial charge in [0.25, 0.3) is 0 Å². The third-order valence-electron chi connectivity index (χ3n) is 3.79. The van der Waals surface area contributed by atoms with Crippen LogP contribution in [0, 0.1) is 0 Å². The van der Waals surface area contributed by atoms with E-state index in [1.54, 1.807) is 30.3 Å². The number of nitrogens with one attached hydrogen (secondary N) is 1. The first-order chi connectivity index (χ1) is 13.0. The van der Waals surface area contributed by atoms with E-state index in [1.807, 2.05) is 0 Å². The molecule has 0 aliphatic rings. The molecule has 2 aromatic carbocycles. The molecule has 7 heteroatoms. The normalized spacial score (nSPS) is 10.0. The number of hydrogen-bond donors (Lipinski definition) is 1. The fourth-order valence-electron chi connectivity index (χ4n) is 2.39. The van der Waals surface area contributed by atoms with Crippen molar-refractivity contribution in [3.8, 4) is 0 Å². The molecule has 7 nitrogen and oxygen atoms in total. The highest BCUT2D eigenvalue weighted by molar-refractivity contribution is 6.05. The second-order valence-corrected chi connectivity index (χ2v) is 5.58. The summed E-state index contributed by atoms with van der Waals surface area (Å²) >= 11 is 0. The van der Waals surface area contributed by atoms with Crippen LogP contribution in [-0.4, -0.2) is 37.8 Å². The Morgan fingerprint density at radius 1 is 0.815 bits per heavy atom. The molecule has 1 amide bonds. The van der Waals surface area contributed by atoms with Crippen molar-refractivity contribution in [3.63, 3.8) is 0 Å². The summed E-state index contributed by atoms with van der Waals surface area (Å²) < 4.78 is 9.32. The van der Waals surface area contributed by atoms with E-state index in [9.17, 15) is 19.2 Å². The Morgan fingerprint density at radius 3 is 2.11 bits per heavy atom. The zero-order valence-electron chi connectivity index (χ0n) is 15.0. The highest BCUT2D eigenvalue weighted by Gasteiger charge is 2.18. The minimum absolute atomic E-state index is 0.0140. The van der Waals surface area contributed by atoms with E-state index >= 15 is 0 Å². The molecule has 0 radical (unpaired) electrons. The van der Waals surface area contributed by atoms with E-state index in [0.717, 1.165) is 0 Å². The Bertz CT molecular complexity index is 860. The number of hydrogen-bond acceptors (Lipinski definition) is 6.